The highest BCUT2D eigenvalue weighted by molar-refractivity contribution is 6.31. The van der Waals surface area contributed by atoms with Crippen molar-refractivity contribution in [2.24, 2.45) is 5.92 Å². The quantitative estimate of drug-likeness (QED) is 0.165. The topological polar surface area (TPSA) is 69.8 Å². The van der Waals surface area contributed by atoms with E-state index in [9.17, 15) is 4.79 Å². The molecule has 1 unspecified atom stereocenters. The molecule has 2 aromatic heterocycles. The number of hydrogen-bond donors (Lipinski definition) is 3. The molecular formula is C32H39ClN4O. The number of fused-ring (bicyclic) bond motifs is 3. The number of halogens is 1. The minimum atomic E-state index is 0.0556. The van der Waals surface area contributed by atoms with Gasteiger partial charge in [0.25, 0.3) is 0 Å². The van der Waals surface area contributed by atoms with Crippen LogP contribution in [0.4, 0.5) is 5.69 Å². The van der Waals surface area contributed by atoms with Crippen LogP contribution in [0.2, 0.25) is 5.02 Å². The largest absolute Gasteiger partial charge is 0.384 e. The smallest absolute Gasteiger partial charge is 0.216 e. The van der Waals surface area contributed by atoms with Gasteiger partial charge in [0.05, 0.1) is 5.52 Å². The first-order chi connectivity index (χ1) is 18.6. The van der Waals surface area contributed by atoms with E-state index < -0.39 is 0 Å². The SMILES string of the molecule is CC(=O)NCCC(CCCCNc1c2c(nc3cc(Cl)ccc13)CCCC2)CCc1ccc2[nH]ccc2c1. The van der Waals surface area contributed by atoms with Crippen molar-refractivity contribution >= 4 is 45.0 Å². The van der Waals surface area contributed by atoms with Gasteiger partial charge in [0, 0.05) is 53.5 Å². The van der Waals surface area contributed by atoms with Crippen LogP contribution < -0.4 is 10.6 Å². The molecule has 0 saturated heterocycles. The fraction of sp³-hybridized carbons (Fsp3) is 0.438. The number of anilines is 1. The molecule has 0 bridgehead atoms. The average molecular weight is 531 g/mol. The molecule has 0 fully saturated rings. The standard InChI is InChI=1S/C32H39ClN4O/c1-22(38)34-18-15-23(9-10-24-11-14-29-25(20-24)16-19-35-29)6-4-5-17-36-32-27-7-2-3-8-30(27)37-31-21-26(33)12-13-28(31)32/h11-14,16,19-21,23,35H,2-10,15,17-18H2,1H3,(H,34,38)(H,36,37). The summed E-state index contributed by atoms with van der Waals surface area (Å²) in [5, 5.41) is 9.99. The van der Waals surface area contributed by atoms with E-state index in [0.717, 1.165) is 62.2 Å². The van der Waals surface area contributed by atoms with Gasteiger partial charge < -0.3 is 15.6 Å². The maximum absolute atomic E-state index is 11.4. The van der Waals surface area contributed by atoms with Crippen molar-refractivity contribution in [1.29, 1.82) is 0 Å². The van der Waals surface area contributed by atoms with Gasteiger partial charge in [-0.05, 0) is 110 Å². The molecule has 1 aliphatic rings. The van der Waals surface area contributed by atoms with E-state index in [0.29, 0.717) is 5.92 Å². The number of pyridine rings is 1. The lowest BCUT2D eigenvalue weighted by Gasteiger charge is -2.22. The number of amides is 1. The van der Waals surface area contributed by atoms with Gasteiger partial charge in [-0.25, -0.2) is 0 Å². The molecule has 38 heavy (non-hydrogen) atoms. The third-order valence-electron chi connectivity index (χ3n) is 7.95. The van der Waals surface area contributed by atoms with E-state index >= 15 is 0 Å². The number of aryl methyl sites for hydroxylation is 2. The molecule has 3 N–H and O–H groups in total. The first kappa shape index (κ1) is 26.6. The zero-order chi connectivity index (χ0) is 26.3. The molecule has 1 amide bonds. The Morgan fingerprint density at radius 2 is 1.92 bits per heavy atom. The number of carbonyl (C=O) groups excluding carboxylic acids is 1. The highest BCUT2D eigenvalue weighted by atomic mass is 35.5. The summed E-state index contributed by atoms with van der Waals surface area (Å²) < 4.78 is 0. The van der Waals surface area contributed by atoms with Crippen LogP contribution in [0.1, 0.15) is 68.7 Å². The summed E-state index contributed by atoms with van der Waals surface area (Å²) >= 11 is 6.28. The zero-order valence-corrected chi connectivity index (χ0v) is 23.2. The third-order valence-corrected chi connectivity index (χ3v) is 8.19. The second kappa shape index (κ2) is 12.7. The van der Waals surface area contributed by atoms with Crippen LogP contribution in [0, 0.1) is 5.92 Å². The molecule has 2 heterocycles. The Kier molecular flexibility index (Phi) is 8.85. The van der Waals surface area contributed by atoms with Gasteiger partial charge in [-0.1, -0.05) is 30.5 Å². The first-order valence-electron chi connectivity index (χ1n) is 14.2. The summed E-state index contributed by atoms with van der Waals surface area (Å²) in [6, 6.07) is 14.9. The predicted molar refractivity (Wildman–Crippen MR) is 159 cm³/mol. The van der Waals surface area contributed by atoms with Crippen LogP contribution in [0.25, 0.3) is 21.8 Å². The second-order valence-corrected chi connectivity index (χ2v) is 11.2. The monoisotopic (exact) mass is 530 g/mol. The number of rotatable bonds is 12. The van der Waals surface area contributed by atoms with Crippen LogP contribution in [0.15, 0.2) is 48.7 Å². The number of benzene rings is 2. The van der Waals surface area contributed by atoms with Crippen LogP contribution in [0.3, 0.4) is 0 Å². The van der Waals surface area contributed by atoms with Gasteiger partial charge >= 0.3 is 0 Å². The summed E-state index contributed by atoms with van der Waals surface area (Å²) in [6.45, 7) is 3.31. The molecular weight excluding hydrogens is 492 g/mol. The van der Waals surface area contributed by atoms with Crippen molar-refractivity contribution in [1.82, 2.24) is 15.3 Å². The summed E-state index contributed by atoms with van der Waals surface area (Å²) in [7, 11) is 0. The van der Waals surface area contributed by atoms with Crippen molar-refractivity contribution in [2.45, 2.75) is 71.1 Å². The second-order valence-electron chi connectivity index (χ2n) is 10.8. The van der Waals surface area contributed by atoms with E-state index in [1.165, 1.54) is 64.5 Å². The number of H-pyrrole nitrogens is 1. The van der Waals surface area contributed by atoms with Crippen LogP contribution >= 0.6 is 11.6 Å². The lowest BCUT2D eigenvalue weighted by Crippen LogP contribution is -2.23. The molecule has 2 aromatic carbocycles. The Morgan fingerprint density at radius 3 is 2.82 bits per heavy atom. The van der Waals surface area contributed by atoms with Crippen molar-refractivity contribution in [3.05, 3.63) is 70.5 Å². The van der Waals surface area contributed by atoms with Gasteiger partial charge in [-0.2, -0.15) is 0 Å². The summed E-state index contributed by atoms with van der Waals surface area (Å²) in [5.41, 5.74) is 7.48. The highest BCUT2D eigenvalue weighted by Crippen LogP contribution is 2.34. The van der Waals surface area contributed by atoms with Crippen molar-refractivity contribution in [2.75, 3.05) is 18.4 Å². The summed E-state index contributed by atoms with van der Waals surface area (Å²) in [4.78, 5) is 19.6. The van der Waals surface area contributed by atoms with Crippen molar-refractivity contribution < 1.29 is 4.79 Å². The number of aromatic nitrogens is 2. The first-order valence-corrected chi connectivity index (χ1v) is 14.6. The molecule has 6 heteroatoms. The molecule has 0 aliphatic heterocycles. The maximum atomic E-state index is 11.4. The molecule has 1 atom stereocenters. The highest BCUT2D eigenvalue weighted by Gasteiger charge is 2.18. The number of nitrogens with one attached hydrogen (secondary N) is 3. The van der Waals surface area contributed by atoms with Gasteiger partial charge in [0.15, 0.2) is 0 Å². The van der Waals surface area contributed by atoms with Gasteiger partial charge in [-0.15, -0.1) is 0 Å². The predicted octanol–water partition coefficient (Wildman–Crippen LogP) is 7.61. The third kappa shape index (κ3) is 6.68. The van der Waals surface area contributed by atoms with E-state index in [2.05, 4.69) is 45.9 Å². The van der Waals surface area contributed by atoms with Gasteiger partial charge in [0.1, 0.15) is 0 Å². The number of carbonyl (C=O) groups is 1. The Hall–Kier alpha value is -3.05. The number of aromatic amines is 1. The summed E-state index contributed by atoms with van der Waals surface area (Å²) in [6.07, 6.45) is 13.3. The lowest BCUT2D eigenvalue weighted by molar-refractivity contribution is -0.119. The molecule has 5 nitrogen and oxygen atoms in total. The fourth-order valence-corrected chi connectivity index (χ4v) is 6.05. The van der Waals surface area contributed by atoms with Crippen molar-refractivity contribution in [3.8, 4) is 0 Å². The molecule has 200 valence electrons. The Labute approximate surface area is 230 Å². The normalized spacial score (nSPS) is 13.9. The Morgan fingerprint density at radius 1 is 1.03 bits per heavy atom. The van der Waals surface area contributed by atoms with Crippen molar-refractivity contribution in [3.63, 3.8) is 0 Å². The number of unbranched alkanes of at least 4 members (excludes halogenated alkanes) is 1. The molecule has 5 rings (SSSR count). The van der Waals surface area contributed by atoms with E-state index in [4.69, 9.17) is 16.6 Å². The van der Waals surface area contributed by atoms with E-state index in [1.807, 2.05) is 18.3 Å². The Balaban J connectivity index is 1.17. The fourth-order valence-electron chi connectivity index (χ4n) is 5.89. The zero-order valence-electron chi connectivity index (χ0n) is 22.4. The van der Waals surface area contributed by atoms with E-state index in [1.54, 1.807) is 6.92 Å². The van der Waals surface area contributed by atoms with Gasteiger partial charge in [0.2, 0.25) is 5.91 Å². The number of hydrogen-bond acceptors (Lipinski definition) is 3. The number of nitrogens with zero attached hydrogens (tertiary/aromatic N) is 1. The lowest BCUT2D eigenvalue weighted by atomic mass is 9.91. The van der Waals surface area contributed by atoms with Crippen LogP contribution in [-0.4, -0.2) is 29.0 Å². The molecule has 0 saturated carbocycles. The van der Waals surface area contributed by atoms with E-state index in [-0.39, 0.29) is 5.91 Å². The molecule has 1 aliphatic carbocycles. The molecule has 0 spiro atoms. The van der Waals surface area contributed by atoms with Gasteiger partial charge in [-0.3, -0.25) is 9.78 Å². The van der Waals surface area contributed by atoms with Crippen LogP contribution in [0.5, 0.6) is 0 Å². The summed E-state index contributed by atoms with van der Waals surface area (Å²) in [5.74, 6) is 0.653. The molecule has 4 aromatic rings. The van der Waals surface area contributed by atoms with Crippen LogP contribution in [-0.2, 0) is 24.1 Å². The average Bonchev–Trinajstić information content (AvgIpc) is 3.38. The minimum Gasteiger partial charge on any atom is -0.384 e. The Bertz CT molecular complexity index is 1400. The minimum absolute atomic E-state index is 0.0556. The maximum Gasteiger partial charge on any atom is 0.216 e. The molecule has 0 radical (unpaired) electrons.